The molecule has 1 aliphatic rings. The molecule has 1 aromatic heterocycles. The lowest BCUT2D eigenvalue weighted by Crippen LogP contribution is -2.27. The summed E-state index contributed by atoms with van der Waals surface area (Å²) >= 11 is 3.55. The Kier molecular flexibility index (Phi) is 2.97. The molecule has 2 aromatic rings. The number of rotatable bonds is 2. The van der Waals surface area contributed by atoms with E-state index in [4.69, 9.17) is 0 Å². The summed E-state index contributed by atoms with van der Waals surface area (Å²) in [5, 5.41) is 4.95. The minimum Gasteiger partial charge on any atom is -0.361 e. The summed E-state index contributed by atoms with van der Waals surface area (Å²) in [5.41, 5.74) is 2.66. The van der Waals surface area contributed by atoms with E-state index in [0.717, 1.165) is 4.47 Å². The topological polar surface area (TPSA) is 27.8 Å². The van der Waals surface area contributed by atoms with Crippen LogP contribution in [0, 0.1) is 0 Å². The van der Waals surface area contributed by atoms with Crippen LogP contribution >= 0.6 is 15.9 Å². The normalized spacial score (nSPS) is 22.1. The third-order valence-corrected chi connectivity index (χ3v) is 4.36. The number of nitrogens with one attached hydrogen (secondary N) is 2. The summed E-state index contributed by atoms with van der Waals surface area (Å²) in [4.78, 5) is 3.37. The van der Waals surface area contributed by atoms with Crippen LogP contribution in [0.25, 0.3) is 10.9 Å². The second-order valence-corrected chi connectivity index (χ2v) is 5.84. The molecule has 0 amide bonds. The molecule has 2 heterocycles. The first-order valence-corrected chi connectivity index (χ1v) is 7.05. The van der Waals surface area contributed by atoms with E-state index in [1.807, 2.05) is 0 Å². The fourth-order valence-electron chi connectivity index (χ4n) is 2.85. The van der Waals surface area contributed by atoms with Crippen molar-refractivity contribution in [2.45, 2.75) is 31.7 Å². The summed E-state index contributed by atoms with van der Waals surface area (Å²) in [6.07, 6.45) is 4.77. The molecule has 90 valence electrons. The van der Waals surface area contributed by atoms with Gasteiger partial charge in [-0.15, -0.1) is 0 Å². The molecule has 2 unspecified atom stereocenters. The van der Waals surface area contributed by atoms with Crippen LogP contribution in [0.4, 0.5) is 0 Å². The summed E-state index contributed by atoms with van der Waals surface area (Å²) in [7, 11) is 0. The number of hydrogen-bond acceptors (Lipinski definition) is 1. The van der Waals surface area contributed by atoms with E-state index in [1.165, 1.54) is 35.9 Å². The number of halogens is 1. The summed E-state index contributed by atoms with van der Waals surface area (Å²) in [6.45, 7) is 3.49. The molecule has 0 spiro atoms. The highest BCUT2D eigenvalue weighted by Crippen LogP contribution is 2.32. The molecule has 1 fully saturated rings. The van der Waals surface area contributed by atoms with Crippen LogP contribution < -0.4 is 5.32 Å². The van der Waals surface area contributed by atoms with E-state index >= 15 is 0 Å². The second kappa shape index (κ2) is 4.46. The Morgan fingerprint density at radius 2 is 2.29 bits per heavy atom. The molecular formula is C14H17BrN2. The monoisotopic (exact) mass is 292 g/mol. The quantitative estimate of drug-likeness (QED) is 0.866. The summed E-state index contributed by atoms with van der Waals surface area (Å²) < 4.78 is 1.15. The Hall–Kier alpha value is -0.800. The van der Waals surface area contributed by atoms with E-state index in [0.29, 0.717) is 12.0 Å². The smallest absolute Gasteiger partial charge is 0.0457 e. The average Bonchev–Trinajstić information content (AvgIpc) is 2.97. The fraction of sp³-hybridized carbons (Fsp3) is 0.429. The molecule has 0 radical (unpaired) electrons. The Morgan fingerprint density at radius 3 is 3.06 bits per heavy atom. The Bertz CT molecular complexity index is 526. The molecule has 2 N–H and O–H groups in total. The van der Waals surface area contributed by atoms with E-state index in [2.05, 4.69) is 57.6 Å². The third kappa shape index (κ3) is 2.02. The molecule has 1 saturated heterocycles. The zero-order valence-corrected chi connectivity index (χ0v) is 11.5. The van der Waals surface area contributed by atoms with Crippen LogP contribution in [0.3, 0.4) is 0 Å². The maximum absolute atomic E-state index is 3.60. The zero-order chi connectivity index (χ0) is 11.8. The predicted octanol–water partition coefficient (Wildman–Crippen LogP) is 3.79. The second-order valence-electron chi connectivity index (χ2n) is 4.93. The van der Waals surface area contributed by atoms with Gasteiger partial charge in [0, 0.05) is 27.6 Å². The van der Waals surface area contributed by atoms with Crippen molar-refractivity contribution in [2.75, 3.05) is 6.54 Å². The average molecular weight is 293 g/mol. The molecule has 2 atom stereocenters. The van der Waals surface area contributed by atoms with Gasteiger partial charge in [0.05, 0.1) is 0 Å². The third-order valence-electron chi connectivity index (χ3n) is 3.87. The van der Waals surface area contributed by atoms with Gasteiger partial charge in [-0.2, -0.15) is 0 Å². The Morgan fingerprint density at radius 1 is 1.41 bits per heavy atom. The molecule has 1 aliphatic heterocycles. The van der Waals surface area contributed by atoms with Gasteiger partial charge < -0.3 is 10.3 Å². The molecule has 3 rings (SSSR count). The molecule has 1 aromatic carbocycles. The zero-order valence-electron chi connectivity index (χ0n) is 9.96. The Balaban J connectivity index is 2.01. The van der Waals surface area contributed by atoms with Crippen molar-refractivity contribution in [3.8, 4) is 0 Å². The molecule has 3 heteroatoms. The highest BCUT2D eigenvalue weighted by atomic mass is 79.9. The number of fused-ring (bicyclic) bond motifs is 1. The van der Waals surface area contributed by atoms with Crippen molar-refractivity contribution in [3.05, 3.63) is 34.4 Å². The molecule has 17 heavy (non-hydrogen) atoms. The number of aromatic amines is 1. The fourth-order valence-corrected chi connectivity index (χ4v) is 3.21. The first kappa shape index (κ1) is 11.3. The lowest BCUT2D eigenvalue weighted by Gasteiger charge is -2.19. The number of benzene rings is 1. The van der Waals surface area contributed by atoms with Gasteiger partial charge in [-0.05, 0) is 49.1 Å². The summed E-state index contributed by atoms with van der Waals surface area (Å²) in [6, 6.07) is 7.07. The van der Waals surface area contributed by atoms with E-state index < -0.39 is 0 Å². The number of H-pyrrole nitrogens is 1. The summed E-state index contributed by atoms with van der Waals surface area (Å²) in [5.74, 6) is 0.570. The minimum atomic E-state index is 0.570. The van der Waals surface area contributed by atoms with Gasteiger partial charge in [0.15, 0.2) is 0 Å². The van der Waals surface area contributed by atoms with Crippen LogP contribution in [-0.2, 0) is 0 Å². The van der Waals surface area contributed by atoms with Crippen LogP contribution in [0.5, 0.6) is 0 Å². The lowest BCUT2D eigenvalue weighted by atomic mass is 9.92. The van der Waals surface area contributed by atoms with Gasteiger partial charge in [0.1, 0.15) is 0 Å². The van der Waals surface area contributed by atoms with Crippen molar-refractivity contribution in [1.29, 1.82) is 0 Å². The number of aromatic nitrogens is 1. The first-order valence-electron chi connectivity index (χ1n) is 6.25. The molecule has 0 bridgehead atoms. The molecule has 0 aliphatic carbocycles. The van der Waals surface area contributed by atoms with Gasteiger partial charge in [-0.1, -0.05) is 22.9 Å². The predicted molar refractivity (Wildman–Crippen MR) is 75.4 cm³/mol. The van der Waals surface area contributed by atoms with Gasteiger partial charge in [-0.3, -0.25) is 0 Å². The Labute approximate surface area is 110 Å². The molecular weight excluding hydrogens is 276 g/mol. The van der Waals surface area contributed by atoms with Crippen LogP contribution in [0.2, 0.25) is 0 Å². The maximum Gasteiger partial charge on any atom is 0.0457 e. The van der Waals surface area contributed by atoms with Crippen LogP contribution in [0.1, 0.15) is 31.2 Å². The van der Waals surface area contributed by atoms with Crippen LogP contribution in [-0.4, -0.2) is 17.6 Å². The van der Waals surface area contributed by atoms with Gasteiger partial charge >= 0.3 is 0 Å². The largest absolute Gasteiger partial charge is 0.361 e. The minimum absolute atomic E-state index is 0.570. The van der Waals surface area contributed by atoms with Crippen molar-refractivity contribution in [3.63, 3.8) is 0 Å². The van der Waals surface area contributed by atoms with Gasteiger partial charge in [0.25, 0.3) is 0 Å². The van der Waals surface area contributed by atoms with E-state index in [-0.39, 0.29) is 0 Å². The van der Waals surface area contributed by atoms with E-state index in [1.54, 1.807) is 0 Å². The maximum atomic E-state index is 3.60. The highest BCUT2D eigenvalue weighted by molar-refractivity contribution is 9.10. The first-order chi connectivity index (χ1) is 8.25. The van der Waals surface area contributed by atoms with E-state index in [9.17, 15) is 0 Å². The lowest BCUT2D eigenvalue weighted by molar-refractivity contribution is 0.520. The van der Waals surface area contributed by atoms with Crippen molar-refractivity contribution in [2.24, 2.45) is 0 Å². The van der Waals surface area contributed by atoms with Gasteiger partial charge in [-0.25, -0.2) is 0 Å². The molecule has 0 saturated carbocycles. The number of hydrogen-bond donors (Lipinski definition) is 2. The van der Waals surface area contributed by atoms with Gasteiger partial charge in [0.2, 0.25) is 0 Å². The van der Waals surface area contributed by atoms with Crippen molar-refractivity contribution >= 4 is 26.8 Å². The molecule has 2 nitrogen and oxygen atoms in total. The standard InChI is InChI=1S/C14H17BrN2/c1-9(13-3-2-6-16-13)12-8-17-14-5-4-10(15)7-11(12)14/h4-5,7-9,13,16-17H,2-3,6H2,1H3. The van der Waals surface area contributed by atoms with Crippen LogP contribution in [0.15, 0.2) is 28.9 Å². The SMILES string of the molecule is CC(c1c[nH]c2ccc(Br)cc12)C1CCCN1. The van der Waals surface area contributed by atoms with Crippen molar-refractivity contribution in [1.82, 2.24) is 10.3 Å². The highest BCUT2D eigenvalue weighted by Gasteiger charge is 2.24. The van der Waals surface area contributed by atoms with Crippen molar-refractivity contribution < 1.29 is 0 Å².